The van der Waals surface area contributed by atoms with Crippen molar-refractivity contribution in [2.24, 2.45) is 5.73 Å². The molecule has 1 saturated heterocycles. The van der Waals surface area contributed by atoms with Gasteiger partial charge in [-0.1, -0.05) is 6.07 Å². The van der Waals surface area contributed by atoms with Gasteiger partial charge in [0.25, 0.3) is 0 Å². The number of rotatable bonds is 3. The third-order valence-corrected chi connectivity index (χ3v) is 5.16. The van der Waals surface area contributed by atoms with Crippen LogP contribution in [0, 0.1) is 0 Å². The number of thiophene rings is 1. The minimum absolute atomic E-state index is 0.116. The summed E-state index contributed by atoms with van der Waals surface area (Å²) in [5.74, 6) is 1.57. The van der Waals surface area contributed by atoms with Crippen LogP contribution in [0.3, 0.4) is 0 Å². The highest BCUT2D eigenvalue weighted by Crippen LogP contribution is 2.28. The van der Waals surface area contributed by atoms with Crippen LogP contribution in [-0.4, -0.2) is 39.7 Å². The standard InChI is InChI=1S/C11H18N2OS2/c1-9(12)11(10-3-2-6-15-10)13-4-7-16(14)8-5-13/h2-3,6,9,11H,4-5,7-8,12H2,1H3. The highest BCUT2D eigenvalue weighted by atomic mass is 32.2. The zero-order valence-electron chi connectivity index (χ0n) is 9.46. The van der Waals surface area contributed by atoms with E-state index in [0.29, 0.717) is 0 Å². The molecular formula is C11H18N2OS2. The highest BCUT2D eigenvalue weighted by Gasteiger charge is 2.27. The first-order chi connectivity index (χ1) is 7.68. The lowest BCUT2D eigenvalue weighted by atomic mass is 10.1. The summed E-state index contributed by atoms with van der Waals surface area (Å²) in [4.78, 5) is 3.69. The molecule has 1 aliphatic heterocycles. The third kappa shape index (κ3) is 2.71. The molecule has 2 unspecified atom stereocenters. The van der Waals surface area contributed by atoms with Gasteiger partial charge in [0.1, 0.15) is 0 Å². The summed E-state index contributed by atoms with van der Waals surface area (Å²) >= 11 is 1.76. The quantitative estimate of drug-likeness (QED) is 0.886. The Balaban J connectivity index is 2.11. The molecule has 0 bridgehead atoms. The van der Waals surface area contributed by atoms with Gasteiger partial charge < -0.3 is 5.73 Å². The maximum absolute atomic E-state index is 11.3. The molecule has 2 heterocycles. The molecule has 2 atom stereocenters. The Labute approximate surface area is 103 Å². The lowest BCUT2D eigenvalue weighted by molar-refractivity contribution is 0.196. The van der Waals surface area contributed by atoms with Crippen molar-refractivity contribution >= 4 is 22.1 Å². The van der Waals surface area contributed by atoms with E-state index >= 15 is 0 Å². The highest BCUT2D eigenvalue weighted by molar-refractivity contribution is 7.85. The third-order valence-electron chi connectivity index (χ3n) is 2.94. The van der Waals surface area contributed by atoms with E-state index in [-0.39, 0.29) is 12.1 Å². The SMILES string of the molecule is CC(N)C(c1cccs1)N1CCS(=O)CC1. The molecule has 2 N–H and O–H groups in total. The van der Waals surface area contributed by atoms with Crippen molar-refractivity contribution in [1.82, 2.24) is 4.90 Å². The van der Waals surface area contributed by atoms with Gasteiger partial charge in [-0.3, -0.25) is 9.11 Å². The molecule has 0 aliphatic carbocycles. The van der Waals surface area contributed by atoms with Crippen molar-refractivity contribution in [2.75, 3.05) is 24.6 Å². The van der Waals surface area contributed by atoms with Crippen molar-refractivity contribution in [2.45, 2.75) is 19.0 Å². The van der Waals surface area contributed by atoms with Gasteiger partial charge in [0.15, 0.2) is 0 Å². The number of hydrogen-bond acceptors (Lipinski definition) is 4. The Morgan fingerprint density at radius 2 is 2.19 bits per heavy atom. The first-order valence-corrected chi connectivity index (χ1v) is 7.93. The second kappa shape index (κ2) is 5.40. The fourth-order valence-corrected chi connectivity index (χ4v) is 4.22. The Kier molecular flexibility index (Phi) is 4.13. The predicted molar refractivity (Wildman–Crippen MR) is 70.2 cm³/mol. The Morgan fingerprint density at radius 3 is 2.69 bits per heavy atom. The van der Waals surface area contributed by atoms with Gasteiger partial charge in [-0.15, -0.1) is 11.3 Å². The Hall–Kier alpha value is -0.230. The molecule has 1 aromatic heterocycles. The molecule has 90 valence electrons. The number of nitrogens with zero attached hydrogens (tertiary/aromatic N) is 1. The second-order valence-electron chi connectivity index (χ2n) is 4.20. The average Bonchev–Trinajstić information content (AvgIpc) is 2.74. The maximum Gasteiger partial charge on any atom is 0.0591 e. The van der Waals surface area contributed by atoms with E-state index in [0.717, 1.165) is 24.6 Å². The van der Waals surface area contributed by atoms with Crippen LogP contribution < -0.4 is 5.73 Å². The molecule has 1 aliphatic rings. The van der Waals surface area contributed by atoms with Gasteiger partial charge >= 0.3 is 0 Å². The number of hydrogen-bond donors (Lipinski definition) is 1. The average molecular weight is 258 g/mol. The topological polar surface area (TPSA) is 46.3 Å². The lowest BCUT2D eigenvalue weighted by Crippen LogP contribution is -2.45. The first kappa shape index (κ1) is 12.2. The molecule has 0 amide bonds. The minimum atomic E-state index is -0.617. The van der Waals surface area contributed by atoms with Crippen LogP contribution in [0.2, 0.25) is 0 Å². The second-order valence-corrected chi connectivity index (χ2v) is 6.88. The fraction of sp³-hybridized carbons (Fsp3) is 0.636. The Morgan fingerprint density at radius 1 is 1.50 bits per heavy atom. The van der Waals surface area contributed by atoms with E-state index in [4.69, 9.17) is 5.73 Å². The van der Waals surface area contributed by atoms with E-state index < -0.39 is 10.8 Å². The van der Waals surface area contributed by atoms with Gasteiger partial charge in [0, 0.05) is 46.3 Å². The molecule has 2 rings (SSSR count). The van der Waals surface area contributed by atoms with Crippen LogP contribution in [0.15, 0.2) is 17.5 Å². The Bertz CT molecular complexity index is 341. The van der Waals surface area contributed by atoms with Crippen molar-refractivity contribution in [3.8, 4) is 0 Å². The summed E-state index contributed by atoms with van der Waals surface area (Å²) in [6.07, 6.45) is 0. The summed E-state index contributed by atoms with van der Waals surface area (Å²) in [5.41, 5.74) is 6.08. The van der Waals surface area contributed by atoms with E-state index in [2.05, 4.69) is 29.3 Å². The van der Waals surface area contributed by atoms with Gasteiger partial charge in [0.2, 0.25) is 0 Å². The van der Waals surface area contributed by atoms with Crippen molar-refractivity contribution in [3.05, 3.63) is 22.4 Å². The molecule has 1 aromatic rings. The monoisotopic (exact) mass is 258 g/mol. The normalized spacial score (nSPS) is 23.1. The van der Waals surface area contributed by atoms with Crippen LogP contribution in [0.4, 0.5) is 0 Å². The smallest absolute Gasteiger partial charge is 0.0591 e. The van der Waals surface area contributed by atoms with E-state index in [1.54, 1.807) is 11.3 Å². The molecule has 0 saturated carbocycles. The summed E-state index contributed by atoms with van der Waals surface area (Å²) in [6, 6.07) is 4.62. The fourth-order valence-electron chi connectivity index (χ4n) is 2.16. The van der Waals surface area contributed by atoms with Gasteiger partial charge in [0.05, 0.1) is 6.04 Å². The van der Waals surface area contributed by atoms with Gasteiger partial charge in [-0.2, -0.15) is 0 Å². The molecule has 0 aromatic carbocycles. The van der Waals surface area contributed by atoms with Crippen LogP contribution >= 0.6 is 11.3 Å². The molecule has 1 fully saturated rings. The van der Waals surface area contributed by atoms with Crippen LogP contribution in [-0.2, 0) is 10.8 Å². The van der Waals surface area contributed by atoms with Crippen molar-refractivity contribution < 1.29 is 4.21 Å². The molecule has 0 spiro atoms. The zero-order valence-corrected chi connectivity index (χ0v) is 11.1. The summed E-state index contributed by atoms with van der Waals surface area (Å²) in [7, 11) is -0.617. The lowest BCUT2D eigenvalue weighted by Gasteiger charge is -2.35. The molecule has 16 heavy (non-hydrogen) atoms. The molecule has 0 radical (unpaired) electrons. The summed E-state index contributed by atoms with van der Waals surface area (Å²) in [6.45, 7) is 3.85. The van der Waals surface area contributed by atoms with Gasteiger partial charge in [-0.25, -0.2) is 0 Å². The molecule has 3 nitrogen and oxygen atoms in total. The van der Waals surface area contributed by atoms with Crippen LogP contribution in [0.5, 0.6) is 0 Å². The summed E-state index contributed by atoms with van der Waals surface area (Å²) in [5, 5.41) is 2.09. The van der Waals surface area contributed by atoms with Crippen LogP contribution in [0.25, 0.3) is 0 Å². The molecular weight excluding hydrogens is 240 g/mol. The zero-order chi connectivity index (χ0) is 11.5. The van der Waals surface area contributed by atoms with Crippen molar-refractivity contribution in [3.63, 3.8) is 0 Å². The largest absolute Gasteiger partial charge is 0.326 e. The summed E-state index contributed by atoms with van der Waals surface area (Å²) < 4.78 is 11.3. The van der Waals surface area contributed by atoms with Crippen molar-refractivity contribution in [1.29, 1.82) is 0 Å². The van der Waals surface area contributed by atoms with E-state index in [1.165, 1.54) is 4.88 Å². The number of nitrogens with two attached hydrogens (primary N) is 1. The minimum Gasteiger partial charge on any atom is -0.326 e. The van der Waals surface area contributed by atoms with E-state index in [9.17, 15) is 4.21 Å². The van der Waals surface area contributed by atoms with Gasteiger partial charge in [-0.05, 0) is 18.4 Å². The first-order valence-electron chi connectivity index (χ1n) is 5.56. The van der Waals surface area contributed by atoms with E-state index in [1.807, 2.05) is 0 Å². The van der Waals surface area contributed by atoms with Crippen LogP contribution in [0.1, 0.15) is 17.8 Å². The predicted octanol–water partition coefficient (Wildman–Crippen LogP) is 1.20. The molecule has 5 heteroatoms. The maximum atomic E-state index is 11.3.